The molecule has 2 nitrogen and oxygen atoms in total. The van der Waals surface area contributed by atoms with Crippen LogP contribution in [0.5, 0.6) is 5.75 Å². The summed E-state index contributed by atoms with van der Waals surface area (Å²) >= 11 is 1.75. The molecule has 0 saturated carbocycles. The third kappa shape index (κ3) is 3.28. The number of hydrogen-bond acceptors (Lipinski definition) is 3. The van der Waals surface area contributed by atoms with Gasteiger partial charge >= 0.3 is 0 Å². The minimum Gasteiger partial charge on any atom is -0.496 e. The van der Waals surface area contributed by atoms with Crippen molar-refractivity contribution in [2.24, 2.45) is 0 Å². The third-order valence-corrected chi connectivity index (χ3v) is 4.13. The van der Waals surface area contributed by atoms with Gasteiger partial charge in [0.1, 0.15) is 5.75 Å². The first-order chi connectivity index (χ1) is 9.65. The predicted molar refractivity (Wildman–Crippen MR) is 88.0 cm³/mol. The molecule has 0 aromatic heterocycles. The second kappa shape index (κ2) is 6.71. The Labute approximate surface area is 125 Å². The van der Waals surface area contributed by atoms with Gasteiger partial charge in [-0.05, 0) is 38.3 Å². The Morgan fingerprint density at radius 1 is 1.15 bits per heavy atom. The van der Waals surface area contributed by atoms with Crippen LogP contribution < -0.4 is 10.1 Å². The van der Waals surface area contributed by atoms with Gasteiger partial charge in [-0.1, -0.05) is 29.8 Å². The Morgan fingerprint density at radius 2 is 1.90 bits per heavy atom. The lowest BCUT2D eigenvalue weighted by Gasteiger charge is -2.20. The van der Waals surface area contributed by atoms with Gasteiger partial charge in [-0.3, -0.25) is 0 Å². The first-order valence-corrected chi connectivity index (χ1v) is 7.92. The highest BCUT2D eigenvalue weighted by Crippen LogP contribution is 2.32. The number of thioether (sulfide) groups is 1. The van der Waals surface area contributed by atoms with Gasteiger partial charge in [0.05, 0.1) is 13.2 Å². The Kier molecular flexibility index (Phi) is 4.96. The lowest BCUT2D eigenvalue weighted by Crippen LogP contribution is -2.09. The van der Waals surface area contributed by atoms with Gasteiger partial charge in [0.2, 0.25) is 0 Å². The highest BCUT2D eigenvalue weighted by atomic mass is 32.2. The summed E-state index contributed by atoms with van der Waals surface area (Å²) in [6.07, 6.45) is 2.10. The minimum atomic E-state index is 0.193. The second-order valence-electron chi connectivity index (χ2n) is 4.81. The van der Waals surface area contributed by atoms with E-state index in [0.29, 0.717) is 0 Å². The molecule has 2 aromatic carbocycles. The molecule has 0 amide bonds. The zero-order valence-corrected chi connectivity index (χ0v) is 13.3. The van der Waals surface area contributed by atoms with Crippen LogP contribution in [-0.2, 0) is 0 Å². The first kappa shape index (κ1) is 14.8. The molecule has 3 heteroatoms. The molecule has 1 N–H and O–H groups in total. The van der Waals surface area contributed by atoms with Crippen molar-refractivity contribution in [2.45, 2.75) is 24.8 Å². The Bertz CT molecular complexity index is 583. The van der Waals surface area contributed by atoms with Crippen molar-refractivity contribution in [1.29, 1.82) is 0 Å². The number of aryl methyl sites for hydroxylation is 1. The van der Waals surface area contributed by atoms with Crippen LogP contribution in [0.15, 0.2) is 47.4 Å². The standard InChI is InChI=1S/C17H21NOS/c1-12-9-10-16(19-3)14(11-12)13(2)18-15-7-5-6-8-17(15)20-4/h5-11,13,18H,1-4H3. The number of para-hydroxylation sites is 1. The van der Waals surface area contributed by atoms with E-state index in [2.05, 4.69) is 61.8 Å². The summed E-state index contributed by atoms with van der Waals surface area (Å²) in [6.45, 7) is 4.26. The van der Waals surface area contributed by atoms with E-state index in [1.807, 2.05) is 6.07 Å². The summed E-state index contributed by atoms with van der Waals surface area (Å²) in [4.78, 5) is 1.26. The lowest BCUT2D eigenvalue weighted by atomic mass is 10.0. The van der Waals surface area contributed by atoms with Crippen LogP contribution in [-0.4, -0.2) is 13.4 Å². The third-order valence-electron chi connectivity index (χ3n) is 3.33. The molecule has 2 rings (SSSR count). The summed E-state index contributed by atoms with van der Waals surface area (Å²) in [7, 11) is 1.72. The van der Waals surface area contributed by atoms with E-state index in [1.54, 1.807) is 18.9 Å². The molecule has 0 bridgehead atoms. The summed E-state index contributed by atoms with van der Waals surface area (Å²) in [5.74, 6) is 0.928. The fraction of sp³-hybridized carbons (Fsp3) is 0.294. The van der Waals surface area contributed by atoms with E-state index in [1.165, 1.54) is 16.0 Å². The Morgan fingerprint density at radius 3 is 2.60 bits per heavy atom. The number of nitrogens with one attached hydrogen (secondary N) is 1. The Balaban J connectivity index is 2.28. The average molecular weight is 287 g/mol. The summed E-state index contributed by atoms with van der Waals surface area (Å²) in [5, 5.41) is 3.58. The summed E-state index contributed by atoms with van der Waals surface area (Å²) in [6, 6.07) is 14.8. The Hall–Kier alpha value is -1.61. The highest BCUT2D eigenvalue weighted by molar-refractivity contribution is 7.98. The zero-order valence-electron chi connectivity index (χ0n) is 12.4. The monoisotopic (exact) mass is 287 g/mol. The van der Waals surface area contributed by atoms with Crippen LogP contribution in [0.1, 0.15) is 24.1 Å². The quantitative estimate of drug-likeness (QED) is 0.790. The zero-order chi connectivity index (χ0) is 14.5. The van der Waals surface area contributed by atoms with E-state index >= 15 is 0 Å². The van der Waals surface area contributed by atoms with Crippen LogP contribution in [0.4, 0.5) is 5.69 Å². The van der Waals surface area contributed by atoms with Gasteiger partial charge in [-0.15, -0.1) is 11.8 Å². The van der Waals surface area contributed by atoms with Crippen molar-refractivity contribution in [1.82, 2.24) is 0 Å². The van der Waals surface area contributed by atoms with Gasteiger partial charge in [-0.25, -0.2) is 0 Å². The topological polar surface area (TPSA) is 21.3 Å². The SMILES string of the molecule is COc1ccc(C)cc1C(C)Nc1ccccc1SC. The number of rotatable bonds is 5. The molecule has 0 spiro atoms. The number of benzene rings is 2. The lowest BCUT2D eigenvalue weighted by molar-refractivity contribution is 0.408. The van der Waals surface area contributed by atoms with Gasteiger partial charge in [0.15, 0.2) is 0 Å². The number of ether oxygens (including phenoxy) is 1. The first-order valence-electron chi connectivity index (χ1n) is 6.69. The molecule has 2 aromatic rings. The number of anilines is 1. The van der Waals surface area contributed by atoms with Crippen molar-refractivity contribution in [3.63, 3.8) is 0 Å². The predicted octanol–water partition coefficient (Wildman–Crippen LogP) is 4.90. The highest BCUT2D eigenvalue weighted by Gasteiger charge is 2.12. The molecule has 1 unspecified atom stereocenters. The van der Waals surface area contributed by atoms with Crippen LogP contribution in [0, 0.1) is 6.92 Å². The molecule has 0 aliphatic rings. The van der Waals surface area contributed by atoms with Crippen molar-refractivity contribution in [2.75, 3.05) is 18.7 Å². The molecule has 0 aliphatic heterocycles. The molecule has 0 aliphatic carbocycles. The molecule has 20 heavy (non-hydrogen) atoms. The fourth-order valence-electron chi connectivity index (χ4n) is 2.27. The van der Waals surface area contributed by atoms with Crippen LogP contribution in [0.3, 0.4) is 0 Å². The van der Waals surface area contributed by atoms with E-state index in [9.17, 15) is 0 Å². The molecule has 0 radical (unpaired) electrons. The van der Waals surface area contributed by atoms with Crippen LogP contribution in [0.25, 0.3) is 0 Å². The van der Waals surface area contributed by atoms with E-state index in [0.717, 1.165) is 11.4 Å². The summed E-state index contributed by atoms with van der Waals surface area (Å²) < 4.78 is 5.47. The van der Waals surface area contributed by atoms with E-state index in [4.69, 9.17) is 4.74 Å². The second-order valence-corrected chi connectivity index (χ2v) is 5.66. The molecule has 0 saturated heterocycles. The van der Waals surface area contributed by atoms with Crippen molar-refractivity contribution < 1.29 is 4.74 Å². The van der Waals surface area contributed by atoms with Crippen molar-refractivity contribution >= 4 is 17.4 Å². The van der Waals surface area contributed by atoms with E-state index < -0.39 is 0 Å². The maximum Gasteiger partial charge on any atom is 0.124 e. The maximum atomic E-state index is 5.47. The smallest absolute Gasteiger partial charge is 0.124 e. The van der Waals surface area contributed by atoms with Gasteiger partial charge < -0.3 is 10.1 Å². The van der Waals surface area contributed by atoms with Crippen molar-refractivity contribution in [3.05, 3.63) is 53.6 Å². The largest absolute Gasteiger partial charge is 0.496 e. The van der Waals surface area contributed by atoms with Crippen LogP contribution in [0.2, 0.25) is 0 Å². The molecule has 106 valence electrons. The molecule has 0 fully saturated rings. The van der Waals surface area contributed by atoms with Crippen LogP contribution >= 0.6 is 11.8 Å². The molecule has 0 heterocycles. The van der Waals surface area contributed by atoms with Gasteiger partial charge in [-0.2, -0.15) is 0 Å². The average Bonchev–Trinajstić information content (AvgIpc) is 2.47. The molecular formula is C17H21NOS. The fourth-order valence-corrected chi connectivity index (χ4v) is 2.83. The molecule has 1 atom stereocenters. The maximum absolute atomic E-state index is 5.47. The summed E-state index contributed by atoms with van der Waals surface area (Å²) in [5.41, 5.74) is 3.59. The van der Waals surface area contributed by atoms with Gasteiger partial charge in [0.25, 0.3) is 0 Å². The van der Waals surface area contributed by atoms with E-state index in [-0.39, 0.29) is 6.04 Å². The molecular weight excluding hydrogens is 266 g/mol. The minimum absolute atomic E-state index is 0.193. The number of hydrogen-bond donors (Lipinski definition) is 1. The van der Waals surface area contributed by atoms with Crippen molar-refractivity contribution in [3.8, 4) is 5.75 Å². The number of methoxy groups -OCH3 is 1. The normalized spacial score (nSPS) is 12.0. The van der Waals surface area contributed by atoms with Gasteiger partial charge in [0, 0.05) is 16.1 Å².